The van der Waals surface area contributed by atoms with E-state index in [1.165, 1.54) is 11.3 Å². The third kappa shape index (κ3) is 3.24. The minimum atomic E-state index is -0.772. The fraction of sp³-hybridized carbons (Fsp3) is 0.667. The summed E-state index contributed by atoms with van der Waals surface area (Å²) in [5.74, 6) is 0.606. The van der Waals surface area contributed by atoms with Crippen molar-refractivity contribution in [2.24, 2.45) is 0 Å². The molecule has 3 nitrogen and oxygen atoms in total. The zero-order valence-corrected chi connectivity index (χ0v) is 10.6. The Morgan fingerprint density at radius 1 is 1.60 bits per heavy atom. The lowest BCUT2D eigenvalue weighted by atomic mass is 10.2. The Morgan fingerprint density at radius 3 is 2.93 bits per heavy atom. The van der Waals surface area contributed by atoms with Crippen LogP contribution in [-0.2, 0) is 16.6 Å². The van der Waals surface area contributed by atoms with Crippen molar-refractivity contribution in [1.29, 1.82) is 0 Å². The van der Waals surface area contributed by atoms with E-state index in [1.54, 1.807) is 6.20 Å². The molecule has 1 aromatic heterocycles. The van der Waals surface area contributed by atoms with Crippen molar-refractivity contribution < 1.29 is 4.21 Å². The standard InChI is InChI=1S/C9H13ClN2OS2/c10-9-12-5-7(14-9)6-15(13)8-1-3-11-4-2-8/h5,8,11H,1-4,6H2. The molecule has 2 rings (SSSR count). The summed E-state index contributed by atoms with van der Waals surface area (Å²) in [6, 6.07) is 0. The number of piperidine rings is 1. The Balaban J connectivity index is 1.91. The maximum atomic E-state index is 12.0. The molecular formula is C9H13ClN2OS2. The van der Waals surface area contributed by atoms with Crippen LogP contribution in [0.2, 0.25) is 4.47 Å². The Kier molecular flexibility index (Phi) is 4.13. The predicted molar refractivity (Wildman–Crippen MR) is 64.9 cm³/mol. The Bertz CT molecular complexity index is 350. The Morgan fingerprint density at radius 2 is 2.33 bits per heavy atom. The number of rotatable bonds is 3. The van der Waals surface area contributed by atoms with E-state index in [2.05, 4.69) is 10.3 Å². The summed E-state index contributed by atoms with van der Waals surface area (Å²) in [4.78, 5) is 4.98. The van der Waals surface area contributed by atoms with Gasteiger partial charge < -0.3 is 5.32 Å². The predicted octanol–water partition coefficient (Wildman–Crippen LogP) is 1.80. The molecule has 1 saturated heterocycles. The highest BCUT2D eigenvalue weighted by Crippen LogP contribution is 2.21. The normalized spacial score (nSPS) is 20.3. The molecule has 1 N–H and O–H groups in total. The van der Waals surface area contributed by atoms with Crippen molar-refractivity contribution in [1.82, 2.24) is 10.3 Å². The second kappa shape index (κ2) is 5.39. The zero-order valence-electron chi connectivity index (χ0n) is 8.24. The van der Waals surface area contributed by atoms with Crippen molar-refractivity contribution in [2.45, 2.75) is 23.8 Å². The molecule has 0 spiro atoms. The van der Waals surface area contributed by atoms with Crippen molar-refractivity contribution >= 4 is 33.7 Å². The molecular weight excluding hydrogens is 252 g/mol. The van der Waals surface area contributed by atoms with Gasteiger partial charge in [-0.3, -0.25) is 4.21 Å². The smallest absolute Gasteiger partial charge is 0.183 e. The van der Waals surface area contributed by atoms with Crippen LogP contribution in [0.3, 0.4) is 0 Å². The molecule has 0 aromatic carbocycles. The first kappa shape index (κ1) is 11.5. The molecule has 2 heterocycles. The van der Waals surface area contributed by atoms with Gasteiger partial charge in [-0.15, -0.1) is 11.3 Å². The zero-order chi connectivity index (χ0) is 10.7. The van der Waals surface area contributed by atoms with Gasteiger partial charge in [-0.25, -0.2) is 4.98 Å². The molecule has 0 amide bonds. The minimum Gasteiger partial charge on any atom is -0.317 e. The van der Waals surface area contributed by atoms with Crippen LogP contribution in [0, 0.1) is 0 Å². The molecule has 0 aliphatic carbocycles. The minimum absolute atomic E-state index is 0.340. The van der Waals surface area contributed by atoms with E-state index in [9.17, 15) is 4.21 Å². The van der Waals surface area contributed by atoms with Crippen LogP contribution in [0.25, 0.3) is 0 Å². The summed E-state index contributed by atoms with van der Waals surface area (Å²) in [5, 5.41) is 3.61. The van der Waals surface area contributed by atoms with Gasteiger partial charge in [0, 0.05) is 27.1 Å². The van der Waals surface area contributed by atoms with Crippen molar-refractivity contribution in [3.8, 4) is 0 Å². The number of aromatic nitrogens is 1. The number of nitrogens with zero attached hydrogens (tertiary/aromatic N) is 1. The van der Waals surface area contributed by atoms with E-state index in [0.29, 0.717) is 15.5 Å². The highest BCUT2D eigenvalue weighted by molar-refractivity contribution is 7.85. The third-order valence-corrected chi connectivity index (χ3v) is 5.58. The molecule has 1 atom stereocenters. The molecule has 6 heteroatoms. The van der Waals surface area contributed by atoms with Crippen LogP contribution >= 0.6 is 22.9 Å². The largest absolute Gasteiger partial charge is 0.317 e. The van der Waals surface area contributed by atoms with Crippen molar-refractivity contribution in [3.63, 3.8) is 0 Å². The van der Waals surface area contributed by atoms with Gasteiger partial charge in [0.15, 0.2) is 4.47 Å². The number of nitrogens with one attached hydrogen (secondary N) is 1. The average Bonchev–Trinajstić information content (AvgIpc) is 2.65. The van der Waals surface area contributed by atoms with Gasteiger partial charge in [0.2, 0.25) is 0 Å². The monoisotopic (exact) mass is 264 g/mol. The third-order valence-electron chi connectivity index (χ3n) is 2.47. The number of hydrogen-bond donors (Lipinski definition) is 1. The highest BCUT2D eigenvalue weighted by atomic mass is 35.5. The average molecular weight is 265 g/mol. The van der Waals surface area contributed by atoms with Gasteiger partial charge in [-0.2, -0.15) is 0 Å². The maximum absolute atomic E-state index is 12.0. The maximum Gasteiger partial charge on any atom is 0.183 e. The van der Waals surface area contributed by atoms with Gasteiger partial charge >= 0.3 is 0 Å². The van der Waals surface area contributed by atoms with E-state index in [4.69, 9.17) is 11.6 Å². The number of thiazole rings is 1. The van der Waals surface area contributed by atoms with Crippen LogP contribution in [0.4, 0.5) is 0 Å². The first-order valence-electron chi connectivity index (χ1n) is 4.94. The number of halogens is 1. The fourth-order valence-electron chi connectivity index (χ4n) is 1.67. The van der Waals surface area contributed by atoms with Crippen LogP contribution < -0.4 is 5.32 Å². The lowest BCUT2D eigenvalue weighted by molar-refractivity contribution is 0.519. The summed E-state index contributed by atoms with van der Waals surface area (Å²) in [6.45, 7) is 1.97. The molecule has 1 aliphatic rings. The first-order chi connectivity index (χ1) is 7.25. The van der Waals surface area contributed by atoms with E-state index >= 15 is 0 Å². The van der Waals surface area contributed by atoms with E-state index in [1.807, 2.05) is 0 Å². The highest BCUT2D eigenvalue weighted by Gasteiger charge is 2.20. The first-order valence-corrected chi connectivity index (χ1v) is 7.51. The molecule has 1 aromatic rings. The lowest BCUT2D eigenvalue weighted by Gasteiger charge is -2.21. The second-order valence-corrected chi connectivity index (χ2v) is 6.97. The molecule has 15 heavy (non-hydrogen) atoms. The van der Waals surface area contributed by atoms with Crippen LogP contribution in [0.5, 0.6) is 0 Å². The SMILES string of the molecule is O=S(Cc1cnc(Cl)s1)C1CCNCC1. The molecule has 0 bridgehead atoms. The van der Waals surface area contributed by atoms with E-state index < -0.39 is 10.8 Å². The summed E-state index contributed by atoms with van der Waals surface area (Å²) < 4.78 is 12.5. The molecule has 1 fully saturated rings. The van der Waals surface area contributed by atoms with Crippen LogP contribution in [-0.4, -0.2) is 27.5 Å². The quantitative estimate of drug-likeness (QED) is 0.905. The summed E-state index contributed by atoms with van der Waals surface area (Å²) in [7, 11) is -0.772. The topological polar surface area (TPSA) is 42.0 Å². The second-order valence-electron chi connectivity index (χ2n) is 3.55. The molecule has 84 valence electrons. The summed E-state index contributed by atoms with van der Waals surface area (Å²) in [5.41, 5.74) is 0. The van der Waals surface area contributed by atoms with Gasteiger partial charge in [0.05, 0.1) is 5.75 Å². The van der Waals surface area contributed by atoms with Crippen molar-refractivity contribution in [2.75, 3.05) is 13.1 Å². The van der Waals surface area contributed by atoms with E-state index in [-0.39, 0.29) is 0 Å². The van der Waals surface area contributed by atoms with Gasteiger partial charge in [-0.1, -0.05) is 11.6 Å². The molecule has 0 radical (unpaired) electrons. The fourth-order valence-corrected chi connectivity index (χ4v) is 4.38. The molecule has 1 aliphatic heterocycles. The summed E-state index contributed by atoms with van der Waals surface area (Å²) in [6.07, 6.45) is 3.75. The Labute approximate surface area is 101 Å². The van der Waals surface area contributed by atoms with Gasteiger partial charge in [-0.05, 0) is 25.9 Å². The van der Waals surface area contributed by atoms with Crippen LogP contribution in [0.1, 0.15) is 17.7 Å². The lowest BCUT2D eigenvalue weighted by Crippen LogP contribution is -2.33. The Hall–Kier alpha value is 0.0300. The van der Waals surface area contributed by atoms with E-state index in [0.717, 1.165) is 30.8 Å². The molecule has 1 unspecified atom stereocenters. The van der Waals surface area contributed by atoms with Gasteiger partial charge in [0.25, 0.3) is 0 Å². The number of hydrogen-bond acceptors (Lipinski definition) is 4. The molecule has 0 saturated carbocycles. The summed E-state index contributed by atoms with van der Waals surface area (Å²) >= 11 is 7.15. The van der Waals surface area contributed by atoms with Crippen LogP contribution in [0.15, 0.2) is 6.20 Å². The van der Waals surface area contributed by atoms with Crippen molar-refractivity contribution in [3.05, 3.63) is 15.5 Å². The van der Waals surface area contributed by atoms with Gasteiger partial charge in [0.1, 0.15) is 0 Å².